The van der Waals surface area contributed by atoms with Gasteiger partial charge in [0.1, 0.15) is 0 Å². The zero-order valence-electron chi connectivity index (χ0n) is 13.2. The van der Waals surface area contributed by atoms with Crippen LogP contribution < -0.4 is 16.0 Å². The first-order valence-corrected chi connectivity index (χ1v) is 8.00. The molecule has 0 aliphatic carbocycles. The van der Waals surface area contributed by atoms with E-state index >= 15 is 0 Å². The zero-order valence-corrected chi connectivity index (χ0v) is 13.2. The highest BCUT2D eigenvalue weighted by Crippen LogP contribution is 2.07. The first-order chi connectivity index (χ1) is 10.1. The number of carbonyl (C=O) groups excluding carboxylic acids is 2. The Labute approximate surface area is 127 Å². The summed E-state index contributed by atoms with van der Waals surface area (Å²) in [6.45, 7) is 6.80. The number of nitrogens with one attached hydrogen (secondary N) is 3. The summed E-state index contributed by atoms with van der Waals surface area (Å²) < 4.78 is 5.67. The Morgan fingerprint density at radius 3 is 2.62 bits per heavy atom. The van der Waals surface area contributed by atoms with Gasteiger partial charge in [-0.3, -0.25) is 9.59 Å². The molecular weight excluding hydrogens is 270 g/mol. The molecule has 21 heavy (non-hydrogen) atoms. The fourth-order valence-corrected chi connectivity index (χ4v) is 2.13. The third kappa shape index (κ3) is 8.67. The van der Waals surface area contributed by atoms with Gasteiger partial charge in [0.2, 0.25) is 11.8 Å². The van der Waals surface area contributed by atoms with E-state index in [0.717, 1.165) is 32.4 Å². The normalized spacial score (nSPS) is 17.2. The molecule has 1 aliphatic rings. The highest BCUT2D eigenvalue weighted by Gasteiger charge is 2.13. The largest absolute Gasteiger partial charge is 0.378 e. The number of hydrogen-bond acceptors (Lipinski definition) is 4. The lowest BCUT2D eigenvalue weighted by Crippen LogP contribution is -2.35. The molecule has 0 spiro atoms. The molecular formula is C15H29N3O3. The number of carbonyl (C=O) groups is 2. The summed E-state index contributed by atoms with van der Waals surface area (Å²) in [6, 6.07) is 0.187. The van der Waals surface area contributed by atoms with Gasteiger partial charge < -0.3 is 20.7 Å². The average molecular weight is 299 g/mol. The highest BCUT2D eigenvalue weighted by atomic mass is 16.5. The molecule has 1 unspecified atom stereocenters. The molecule has 2 amide bonds. The predicted molar refractivity (Wildman–Crippen MR) is 82.0 cm³/mol. The van der Waals surface area contributed by atoms with Crippen molar-refractivity contribution in [2.45, 2.75) is 58.1 Å². The summed E-state index contributed by atoms with van der Waals surface area (Å²) in [5, 5.41) is 8.89. The third-order valence-electron chi connectivity index (χ3n) is 3.66. The number of ether oxygens (including phenoxy) is 1. The van der Waals surface area contributed by atoms with Crippen LogP contribution >= 0.6 is 0 Å². The minimum absolute atomic E-state index is 0.0180. The smallest absolute Gasteiger partial charge is 0.222 e. The van der Waals surface area contributed by atoms with E-state index in [0.29, 0.717) is 26.0 Å². The van der Waals surface area contributed by atoms with Crippen molar-refractivity contribution in [1.82, 2.24) is 16.0 Å². The van der Waals surface area contributed by atoms with Gasteiger partial charge >= 0.3 is 0 Å². The molecule has 3 N–H and O–H groups in total. The number of amides is 2. The van der Waals surface area contributed by atoms with Crippen molar-refractivity contribution in [2.24, 2.45) is 0 Å². The molecule has 1 atom stereocenters. The van der Waals surface area contributed by atoms with Gasteiger partial charge in [-0.1, -0.05) is 6.92 Å². The third-order valence-corrected chi connectivity index (χ3v) is 3.66. The average Bonchev–Trinajstić information content (AvgIpc) is 2.48. The molecule has 0 radical (unpaired) electrons. The Kier molecular flexibility index (Phi) is 9.01. The first-order valence-electron chi connectivity index (χ1n) is 8.00. The van der Waals surface area contributed by atoms with Crippen LogP contribution in [0.1, 0.15) is 46.0 Å². The lowest BCUT2D eigenvalue weighted by Gasteiger charge is -2.22. The lowest BCUT2D eigenvalue weighted by atomic mass is 10.1. The number of piperidine rings is 1. The molecule has 0 saturated carbocycles. The summed E-state index contributed by atoms with van der Waals surface area (Å²) >= 11 is 0. The van der Waals surface area contributed by atoms with Gasteiger partial charge in [-0.2, -0.15) is 0 Å². The van der Waals surface area contributed by atoms with Crippen LogP contribution in [-0.2, 0) is 14.3 Å². The van der Waals surface area contributed by atoms with Crippen molar-refractivity contribution < 1.29 is 14.3 Å². The van der Waals surface area contributed by atoms with Crippen LogP contribution in [0.15, 0.2) is 0 Å². The maximum atomic E-state index is 11.6. The van der Waals surface area contributed by atoms with Crippen LogP contribution in [0.2, 0.25) is 0 Å². The minimum Gasteiger partial charge on any atom is -0.378 e. The van der Waals surface area contributed by atoms with Gasteiger partial charge in [-0.15, -0.1) is 0 Å². The van der Waals surface area contributed by atoms with E-state index in [2.05, 4.69) is 16.0 Å². The van der Waals surface area contributed by atoms with Crippen LogP contribution in [-0.4, -0.2) is 50.2 Å². The summed E-state index contributed by atoms with van der Waals surface area (Å²) in [4.78, 5) is 23.1. The molecule has 122 valence electrons. The topological polar surface area (TPSA) is 79.5 Å². The van der Waals surface area contributed by atoms with Crippen molar-refractivity contribution in [2.75, 3.05) is 26.2 Å². The van der Waals surface area contributed by atoms with Crippen LogP contribution in [0, 0.1) is 0 Å². The van der Waals surface area contributed by atoms with Gasteiger partial charge in [0.05, 0.1) is 12.7 Å². The SMILES string of the molecule is CCC(C)NC(=O)CCNC(=O)CCOC1CCNCC1. The molecule has 0 aromatic carbocycles. The fraction of sp³-hybridized carbons (Fsp3) is 0.867. The molecule has 6 heteroatoms. The molecule has 0 bridgehead atoms. The first kappa shape index (κ1) is 17.9. The van der Waals surface area contributed by atoms with Crippen LogP contribution in [0.5, 0.6) is 0 Å². The fourth-order valence-electron chi connectivity index (χ4n) is 2.13. The van der Waals surface area contributed by atoms with E-state index < -0.39 is 0 Å². The summed E-state index contributed by atoms with van der Waals surface area (Å²) in [5.74, 6) is -0.0733. The van der Waals surface area contributed by atoms with Crippen LogP contribution in [0.25, 0.3) is 0 Å². The van der Waals surface area contributed by atoms with E-state index in [9.17, 15) is 9.59 Å². The van der Waals surface area contributed by atoms with Crippen LogP contribution in [0.4, 0.5) is 0 Å². The van der Waals surface area contributed by atoms with Crippen molar-refractivity contribution in [3.05, 3.63) is 0 Å². The molecule has 1 fully saturated rings. The zero-order chi connectivity index (χ0) is 15.5. The molecule has 1 aliphatic heterocycles. The number of rotatable bonds is 9. The molecule has 1 rings (SSSR count). The van der Waals surface area contributed by atoms with E-state index in [1.54, 1.807) is 0 Å². The van der Waals surface area contributed by atoms with Crippen molar-refractivity contribution >= 4 is 11.8 Å². The Bertz CT molecular complexity index is 317. The van der Waals surface area contributed by atoms with E-state index in [-0.39, 0.29) is 24.0 Å². The van der Waals surface area contributed by atoms with Gasteiger partial charge in [0.15, 0.2) is 0 Å². The molecule has 1 saturated heterocycles. The van der Waals surface area contributed by atoms with Gasteiger partial charge in [0.25, 0.3) is 0 Å². The van der Waals surface area contributed by atoms with E-state index in [1.807, 2.05) is 13.8 Å². The predicted octanol–water partition coefficient (Wildman–Crippen LogP) is 0.566. The molecule has 1 heterocycles. The second-order valence-corrected chi connectivity index (χ2v) is 5.55. The minimum atomic E-state index is -0.0553. The number of hydrogen-bond donors (Lipinski definition) is 3. The quantitative estimate of drug-likeness (QED) is 0.581. The standard InChI is InChI=1S/C15H29N3O3/c1-3-12(2)18-15(20)6-10-17-14(19)7-11-21-13-4-8-16-9-5-13/h12-13,16H,3-11H2,1-2H3,(H,17,19)(H,18,20). The van der Waals surface area contributed by atoms with Crippen molar-refractivity contribution in [1.29, 1.82) is 0 Å². The van der Waals surface area contributed by atoms with Gasteiger partial charge in [0, 0.05) is 25.4 Å². The van der Waals surface area contributed by atoms with E-state index in [4.69, 9.17) is 4.74 Å². The molecule has 0 aromatic rings. The molecule has 0 aromatic heterocycles. The maximum Gasteiger partial charge on any atom is 0.222 e. The van der Waals surface area contributed by atoms with Gasteiger partial charge in [-0.25, -0.2) is 0 Å². The van der Waals surface area contributed by atoms with Crippen molar-refractivity contribution in [3.8, 4) is 0 Å². The summed E-state index contributed by atoms with van der Waals surface area (Å²) in [5.41, 5.74) is 0. The highest BCUT2D eigenvalue weighted by molar-refractivity contribution is 5.79. The second-order valence-electron chi connectivity index (χ2n) is 5.55. The Hall–Kier alpha value is -1.14. The monoisotopic (exact) mass is 299 g/mol. The Balaban J connectivity index is 1.99. The van der Waals surface area contributed by atoms with E-state index in [1.165, 1.54) is 0 Å². The summed E-state index contributed by atoms with van der Waals surface area (Å²) in [7, 11) is 0. The Morgan fingerprint density at radius 1 is 1.24 bits per heavy atom. The van der Waals surface area contributed by atoms with Gasteiger partial charge in [-0.05, 0) is 39.3 Å². The molecule has 6 nitrogen and oxygen atoms in total. The Morgan fingerprint density at radius 2 is 1.95 bits per heavy atom. The van der Waals surface area contributed by atoms with Crippen LogP contribution in [0.3, 0.4) is 0 Å². The van der Waals surface area contributed by atoms with Crippen molar-refractivity contribution in [3.63, 3.8) is 0 Å². The lowest BCUT2D eigenvalue weighted by molar-refractivity contribution is -0.123. The summed E-state index contributed by atoms with van der Waals surface area (Å²) in [6.07, 6.45) is 3.89. The second kappa shape index (κ2) is 10.6. The maximum absolute atomic E-state index is 11.6.